The molecule has 0 aromatic heterocycles. The van der Waals surface area contributed by atoms with Crippen LogP contribution in [0.3, 0.4) is 0 Å². The fraction of sp³-hybridized carbons (Fsp3) is 0.357. The van der Waals surface area contributed by atoms with Crippen molar-refractivity contribution in [2.45, 2.75) is 20.3 Å². The third kappa shape index (κ3) is 3.34. The molecule has 1 aromatic rings. The Kier molecular flexibility index (Phi) is 5.27. The maximum atomic E-state index is 11.0. The lowest BCUT2D eigenvalue weighted by molar-refractivity contribution is 0.112. The van der Waals surface area contributed by atoms with Crippen LogP contribution in [0.1, 0.15) is 29.8 Å². The normalized spacial score (nSPS) is 10.5. The first kappa shape index (κ1) is 13.3. The number of ether oxygens (including phenoxy) is 2. The number of carbonyl (C=O) groups excluding carboxylic acids is 1. The van der Waals surface area contributed by atoms with Gasteiger partial charge in [-0.3, -0.25) is 4.79 Å². The second-order valence-electron chi connectivity index (χ2n) is 3.53. The fourth-order valence-corrected chi connectivity index (χ4v) is 1.58. The van der Waals surface area contributed by atoms with Crippen molar-refractivity contribution in [2.75, 3.05) is 13.7 Å². The van der Waals surface area contributed by atoms with Crippen LogP contribution in [0.4, 0.5) is 0 Å². The maximum absolute atomic E-state index is 11.0. The number of allylic oxidation sites excluding steroid dienone is 2. The first-order valence-corrected chi connectivity index (χ1v) is 5.66. The molecule has 3 heteroatoms. The van der Waals surface area contributed by atoms with E-state index in [1.807, 2.05) is 32.1 Å². The average Bonchev–Trinajstić information content (AvgIpc) is 2.36. The van der Waals surface area contributed by atoms with E-state index in [0.29, 0.717) is 30.1 Å². The van der Waals surface area contributed by atoms with Crippen molar-refractivity contribution >= 4 is 6.29 Å². The summed E-state index contributed by atoms with van der Waals surface area (Å²) < 4.78 is 10.7. The van der Waals surface area contributed by atoms with Crippen molar-refractivity contribution in [3.8, 4) is 11.5 Å². The van der Waals surface area contributed by atoms with Crippen LogP contribution in [0.15, 0.2) is 24.3 Å². The lowest BCUT2D eigenvalue weighted by Gasteiger charge is -2.12. The van der Waals surface area contributed by atoms with Crippen LogP contribution >= 0.6 is 0 Å². The molecule has 0 spiro atoms. The average molecular weight is 234 g/mol. The first-order valence-electron chi connectivity index (χ1n) is 5.66. The zero-order valence-electron chi connectivity index (χ0n) is 10.5. The van der Waals surface area contributed by atoms with Crippen LogP contribution in [-0.4, -0.2) is 20.0 Å². The lowest BCUT2D eigenvalue weighted by Crippen LogP contribution is -1.99. The molecule has 1 rings (SSSR count). The summed E-state index contributed by atoms with van der Waals surface area (Å²) in [6.07, 6.45) is 5.52. The molecule has 0 atom stereocenters. The molecular weight excluding hydrogens is 216 g/mol. The lowest BCUT2D eigenvalue weighted by atomic mass is 10.0. The highest BCUT2D eigenvalue weighted by Crippen LogP contribution is 2.30. The van der Waals surface area contributed by atoms with Crippen LogP contribution in [0, 0.1) is 0 Å². The quantitative estimate of drug-likeness (QED) is 0.560. The third-order valence-electron chi connectivity index (χ3n) is 2.43. The van der Waals surface area contributed by atoms with E-state index >= 15 is 0 Å². The number of hydrogen-bond donors (Lipinski definition) is 0. The zero-order chi connectivity index (χ0) is 12.7. The molecule has 0 saturated carbocycles. The Morgan fingerprint density at radius 3 is 2.59 bits per heavy atom. The predicted molar refractivity (Wildman–Crippen MR) is 68.1 cm³/mol. The van der Waals surface area contributed by atoms with E-state index in [1.165, 1.54) is 0 Å². The number of methoxy groups -OCH3 is 1. The molecule has 0 heterocycles. The summed E-state index contributed by atoms with van der Waals surface area (Å²) in [6.45, 7) is 4.39. The molecule has 0 amide bonds. The summed E-state index contributed by atoms with van der Waals surface area (Å²) in [5.41, 5.74) is 1.59. The molecule has 0 fully saturated rings. The van der Waals surface area contributed by atoms with Crippen molar-refractivity contribution in [1.29, 1.82) is 0 Å². The van der Waals surface area contributed by atoms with Gasteiger partial charge in [0.1, 0.15) is 6.29 Å². The molecule has 3 nitrogen and oxygen atoms in total. The summed E-state index contributed by atoms with van der Waals surface area (Å²) in [6, 6.07) is 3.59. The summed E-state index contributed by atoms with van der Waals surface area (Å²) >= 11 is 0. The van der Waals surface area contributed by atoms with Gasteiger partial charge < -0.3 is 9.47 Å². The van der Waals surface area contributed by atoms with Crippen molar-refractivity contribution in [1.82, 2.24) is 0 Å². The molecule has 0 saturated heterocycles. The van der Waals surface area contributed by atoms with Gasteiger partial charge in [0.05, 0.1) is 13.7 Å². The molecule has 0 radical (unpaired) electrons. The summed E-state index contributed by atoms with van der Waals surface area (Å²) in [4.78, 5) is 11.0. The van der Waals surface area contributed by atoms with Gasteiger partial charge in [-0.15, -0.1) is 0 Å². The Morgan fingerprint density at radius 1 is 1.29 bits per heavy atom. The van der Waals surface area contributed by atoms with Gasteiger partial charge in [0.15, 0.2) is 11.5 Å². The van der Waals surface area contributed by atoms with E-state index in [0.717, 1.165) is 11.8 Å². The van der Waals surface area contributed by atoms with Gasteiger partial charge in [0.2, 0.25) is 0 Å². The predicted octanol–water partition coefficient (Wildman–Crippen LogP) is 3.03. The topological polar surface area (TPSA) is 35.5 Å². The van der Waals surface area contributed by atoms with Crippen LogP contribution in [0.25, 0.3) is 0 Å². The third-order valence-corrected chi connectivity index (χ3v) is 2.43. The summed E-state index contributed by atoms with van der Waals surface area (Å²) in [7, 11) is 1.60. The molecule has 0 aliphatic heterocycles. The van der Waals surface area contributed by atoms with Gasteiger partial charge in [-0.25, -0.2) is 0 Å². The van der Waals surface area contributed by atoms with Crippen LogP contribution in [-0.2, 0) is 6.42 Å². The second-order valence-corrected chi connectivity index (χ2v) is 3.53. The van der Waals surface area contributed by atoms with E-state index in [2.05, 4.69) is 0 Å². The van der Waals surface area contributed by atoms with Crippen molar-refractivity contribution in [3.63, 3.8) is 0 Å². The van der Waals surface area contributed by atoms with Gasteiger partial charge in [0.25, 0.3) is 0 Å². The highest BCUT2D eigenvalue weighted by atomic mass is 16.5. The Hall–Kier alpha value is -1.77. The standard InChI is InChI=1S/C14H18O3/c1-4-6-7-11-8-13(16-3)14(17-5-2)9-12(11)10-15/h4,6,8-10H,5,7H2,1-3H3/b6-4+. The number of hydrogen-bond acceptors (Lipinski definition) is 3. The molecule has 0 bridgehead atoms. The number of rotatable bonds is 6. The molecule has 1 aromatic carbocycles. The Labute approximate surface area is 102 Å². The molecular formula is C14H18O3. The van der Waals surface area contributed by atoms with Gasteiger partial charge in [0, 0.05) is 5.56 Å². The SMILES string of the molecule is C/C=C/Cc1cc(OC)c(OCC)cc1C=O. The van der Waals surface area contributed by atoms with Crippen molar-refractivity contribution in [3.05, 3.63) is 35.4 Å². The minimum Gasteiger partial charge on any atom is -0.493 e. The van der Waals surface area contributed by atoms with E-state index in [1.54, 1.807) is 13.2 Å². The van der Waals surface area contributed by atoms with E-state index in [9.17, 15) is 4.79 Å². The van der Waals surface area contributed by atoms with E-state index < -0.39 is 0 Å². The molecule has 92 valence electrons. The second kappa shape index (κ2) is 6.74. The molecule has 0 aliphatic rings. The molecule has 0 aliphatic carbocycles. The van der Waals surface area contributed by atoms with Crippen LogP contribution in [0.2, 0.25) is 0 Å². The van der Waals surface area contributed by atoms with Gasteiger partial charge in [-0.1, -0.05) is 12.2 Å². The summed E-state index contributed by atoms with van der Waals surface area (Å²) in [5.74, 6) is 1.28. The highest BCUT2D eigenvalue weighted by molar-refractivity contribution is 5.79. The minimum atomic E-state index is 0.545. The first-order chi connectivity index (χ1) is 8.26. The largest absolute Gasteiger partial charge is 0.493 e. The van der Waals surface area contributed by atoms with Crippen molar-refractivity contribution < 1.29 is 14.3 Å². The van der Waals surface area contributed by atoms with Crippen LogP contribution < -0.4 is 9.47 Å². The monoisotopic (exact) mass is 234 g/mol. The number of aldehydes is 1. The minimum absolute atomic E-state index is 0.545. The maximum Gasteiger partial charge on any atom is 0.161 e. The molecule has 0 N–H and O–H groups in total. The number of carbonyl (C=O) groups is 1. The fourth-order valence-electron chi connectivity index (χ4n) is 1.58. The Morgan fingerprint density at radius 2 is 2.06 bits per heavy atom. The smallest absolute Gasteiger partial charge is 0.161 e. The van der Waals surface area contributed by atoms with Gasteiger partial charge in [-0.2, -0.15) is 0 Å². The van der Waals surface area contributed by atoms with E-state index in [-0.39, 0.29) is 0 Å². The van der Waals surface area contributed by atoms with Gasteiger partial charge >= 0.3 is 0 Å². The molecule has 17 heavy (non-hydrogen) atoms. The van der Waals surface area contributed by atoms with Crippen LogP contribution in [0.5, 0.6) is 11.5 Å². The Balaban J connectivity index is 3.17. The van der Waals surface area contributed by atoms with Crippen molar-refractivity contribution in [2.24, 2.45) is 0 Å². The highest BCUT2D eigenvalue weighted by Gasteiger charge is 2.10. The molecule has 0 unspecified atom stereocenters. The van der Waals surface area contributed by atoms with E-state index in [4.69, 9.17) is 9.47 Å². The number of benzene rings is 1. The summed E-state index contributed by atoms with van der Waals surface area (Å²) in [5, 5.41) is 0. The zero-order valence-corrected chi connectivity index (χ0v) is 10.5. The van der Waals surface area contributed by atoms with Gasteiger partial charge in [-0.05, 0) is 38.0 Å². The Bertz CT molecular complexity index is 408.